The third-order valence-electron chi connectivity index (χ3n) is 2.50. The van der Waals surface area contributed by atoms with Gasteiger partial charge in [0, 0.05) is 25.4 Å². The molecule has 0 unspecified atom stereocenters. The number of aromatic nitrogens is 2. The van der Waals surface area contributed by atoms with E-state index < -0.39 is 5.97 Å². The standard InChI is InChI=1S/C12H12N2O2/c1-14-10(8-13-11(14)12(15)16)7-9-5-3-2-4-6-9/h2-6,8H,7H2,1H3,(H,15,16). The van der Waals surface area contributed by atoms with Gasteiger partial charge in [-0.3, -0.25) is 0 Å². The minimum Gasteiger partial charge on any atom is -0.475 e. The lowest BCUT2D eigenvalue weighted by molar-refractivity contribution is 0.0679. The van der Waals surface area contributed by atoms with Crippen molar-refractivity contribution in [3.63, 3.8) is 0 Å². The summed E-state index contributed by atoms with van der Waals surface area (Å²) in [6, 6.07) is 9.89. The van der Waals surface area contributed by atoms with Gasteiger partial charge in [0.25, 0.3) is 0 Å². The van der Waals surface area contributed by atoms with Crippen molar-refractivity contribution in [3.8, 4) is 0 Å². The van der Waals surface area contributed by atoms with Gasteiger partial charge in [-0.1, -0.05) is 30.3 Å². The van der Waals surface area contributed by atoms with Crippen molar-refractivity contribution >= 4 is 5.97 Å². The number of aromatic carboxylic acids is 1. The molecule has 1 N–H and O–H groups in total. The van der Waals surface area contributed by atoms with E-state index in [1.807, 2.05) is 30.3 Å². The lowest BCUT2D eigenvalue weighted by Gasteiger charge is -2.03. The average molecular weight is 216 g/mol. The Morgan fingerprint density at radius 1 is 1.38 bits per heavy atom. The summed E-state index contributed by atoms with van der Waals surface area (Å²) in [5.74, 6) is -0.923. The van der Waals surface area contributed by atoms with Crippen LogP contribution in [-0.4, -0.2) is 20.6 Å². The molecule has 0 spiro atoms. The summed E-state index contributed by atoms with van der Waals surface area (Å²) in [5.41, 5.74) is 2.03. The Hall–Kier alpha value is -2.10. The van der Waals surface area contributed by atoms with Gasteiger partial charge in [-0.05, 0) is 5.56 Å². The number of carboxylic acid groups (broad SMARTS) is 1. The van der Waals surface area contributed by atoms with Crippen LogP contribution in [0.5, 0.6) is 0 Å². The molecule has 0 aliphatic heterocycles. The molecular weight excluding hydrogens is 204 g/mol. The molecule has 0 saturated carbocycles. The lowest BCUT2D eigenvalue weighted by Crippen LogP contribution is -2.08. The first-order chi connectivity index (χ1) is 7.68. The van der Waals surface area contributed by atoms with Crippen LogP contribution in [0.3, 0.4) is 0 Å². The Morgan fingerprint density at radius 3 is 2.62 bits per heavy atom. The fraction of sp³-hybridized carbons (Fsp3) is 0.167. The number of rotatable bonds is 3. The molecule has 0 aliphatic carbocycles. The number of carboxylic acids is 1. The maximum atomic E-state index is 10.8. The molecule has 1 aromatic heterocycles. The molecular formula is C12H12N2O2. The second kappa shape index (κ2) is 4.18. The van der Waals surface area contributed by atoms with Gasteiger partial charge in [0.15, 0.2) is 0 Å². The van der Waals surface area contributed by atoms with Gasteiger partial charge in [0.1, 0.15) is 0 Å². The fourth-order valence-corrected chi connectivity index (χ4v) is 1.61. The summed E-state index contributed by atoms with van der Waals surface area (Å²) in [4.78, 5) is 14.7. The van der Waals surface area contributed by atoms with Crippen molar-refractivity contribution in [1.82, 2.24) is 9.55 Å². The Bertz CT molecular complexity index is 503. The van der Waals surface area contributed by atoms with E-state index in [-0.39, 0.29) is 5.82 Å². The summed E-state index contributed by atoms with van der Waals surface area (Å²) in [6.07, 6.45) is 2.30. The van der Waals surface area contributed by atoms with Crippen molar-refractivity contribution in [2.75, 3.05) is 0 Å². The summed E-state index contributed by atoms with van der Waals surface area (Å²) in [7, 11) is 1.72. The van der Waals surface area contributed by atoms with Gasteiger partial charge in [-0.2, -0.15) is 0 Å². The molecule has 4 heteroatoms. The van der Waals surface area contributed by atoms with E-state index in [0.29, 0.717) is 6.42 Å². The van der Waals surface area contributed by atoms with Gasteiger partial charge < -0.3 is 9.67 Å². The molecule has 82 valence electrons. The Kier molecular flexibility index (Phi) is 2.72. The van der Waals surface area contributed by atoms with Crippen molar-refractivity contribution in [3.05, 3.63) is 53.6 Å². The Morgan fingerprint density at radius 2 is 2.06 bits per heavy atom. The van der Waals surface area contributed by atoms with Crippen LogP contribution in [0.25, 0.3) is 0 Å². The first-order valence-electron chi connectivity index (χ1n) is 4.96. The molecule has 0 atom stereocenters. The first kappa shape index (κ1) is 10.4. The summed E-state index contributed by atoms with van der Waals surface area (Å²) in [6.45, 7) is 0. The predicted octanol–water partition coefficient (Wildman–Crippen LogP) is 1.71. The highest BCUT2D eigenvalue weighted by atomic mass is 16.4. The molecule has 16 heavy (non-hydrogen) atoms. The molecule has 0 amide bonds. The van der Waals surface area contributed by atoms with Crippen LogP contribution in [0.4, 0.5) is 0 Å². The zero-order valence-electron chi connectivity index (χ0n) is 8.92. The number of benzene rings is 1. The van der Waals surface area contributed by atoms with Crippen molar-refractivity contribution < 1.29 is 9.90 Å². The average Bonchev–Trinajstić information content (AvgIpc) is 2.62. The van der Waals surface area contributed by atoms with Gasteiger partial charge in [-0.25, -0.2) is 9.78 Å². The van der Waals surface area contributed by atoms with E-state index in [1.165, 1.54) is 0 Å². The van der Waals surface area contributed by atoms with Crippen molar-refractivity contribution in [2.24, 2.45) is 7.05 Å². The van der Waals surface area contributed by atoms with Crippen LogP contribution in [0.2, 0.25) is 0 Å². The fourth-order valence-electron chi connectivity index (χ4n) is 1.61. The SMILES string of the molecule is Cn1c(Cc2ccccc2)cnc1C(=O)O. The quantitative estimate of drug-likeness (QED) is 0.849. The molecule has 1 heterocycles. The van der Waals surface area contributed by atoms with E-state index in [1.54, 1.807) is 17.8 Å². The maximum absolute atomic E-state index is 10.8. The first-order valence-corrected chi connectivity index (χ1v) is 4.96. The highest BCUT2D eigenvalue weighted by Gasteiger charge is 2.12. The largest absolute Gasteiger partial charge is 0.475 e. The van der Waals surface area contributed by atoms with Gasteiger partial charge >= 0.3 is 5.97 Å². The van der Waals surface area contributed by atoms with Crippen LogP contribution >= 0.6 is 0 Å². The van der Waals surface area contributed by atoms with Gasteiger partial charge in [0.05, 0.1) is 0 Å². The highest BCUT2D eigenvalue weighted by molar-refractivity contribution is 5.83. The number of hydrogen-bond donors (Lipinski definition) is 1. The monoisotopic (exact) mass is 216 g/mol. The summed E-state index contributed by atoms with van der Waals surface area (Å²) < 4.78 is 1.61. The number of carbonyl (C=O) groups is 1. The smallest absolute Gasteiger partial charge is 0.372 e. The zero-order chi connectivity index (χ0) is 11.5. The number of imidazole rings is 1. The highest BCUT2D eigenvalue weighted by Crippen LogP contribution is 2.10. The minimum absolute atomic E-state index is 0.0749. The Balaban J connectivity index is 2.26. The Labute approximate surface area is 93.2 Å². The lowest BCUT2D eigenvalue weighted by atomic mass is 10.1. The molecule has 1 aromatic carbocycles. The molecule has 0 saturated heterocycles. The third kappa shape index (κ3) is 1.95. The van der Waals surface area contributed by atoms with Crippen LogP contribution in [0.1, 0.15) is 21.9 Å². The van der Waals surface area contributed by atoms with Crippen LogP contribution in [0, 0.1) is 0 Å². The summed E-state index contributed by atoms with van der Waals surface area (Å²) in [5, 5.41) is 8.86. The molecule has 4 nitrogen and oxygen atoms in total. The number of nitrogens with zero attached hydrogens (tertiary/aromatic N) is 2. The predicted molar refractivity (Wildman–Crippen MR) is 59.4 cm³/mol. The normalized spacial score (nSPS) is 10.3. The molecule has 0 fully saturated rings. The minimum atomic E-state index is -0.998. The van der Waals surface area contributed by atoms with E-state index in [4.69, 9.17) is 5.11 Å². The third-order valence-corrected chi connectivity index (χ3v) is 2.50. The maximum Gasteiger partial charge on any atom is 0.372 e. The topological polar surface area (TPSA) is 55.1 Å². The van der Waals surface area contributed by atoms with Gasteiger partial charge in [-0.15, -0.1) is 0 Å². The van der Waals surface area contributed by atoms with Gasteiger partial charge in [0.2, 0.25) is 5.82 Å². The second-order valence-electron chi connectivity index (χ2n) is 3.60. The van der Waals surface area contributed by atoms with Crippen LogP contribution in [-0.2, 0) is 13.5 Å². The second-order valence-corrected chi connectivity index (χ2v) is 3.60. The molecule has 2 aromatic rings. The van der Waals surface area contributed by atoms with Crippen molar-refractivity contribution in [2.45, 2.75) is 6.42 Å². The zero-order valence-corrected chi connectivity index (χ0v) is 8.92. The van der Waals surface area contributed by atoms with Crippen molar-refractivity contribution in [1.29, 1.82) is 0 Å². The molecule has 0 radical (unpaired) electrons. The molecule has 2 rings (SSSR count). The van der Waals surface area contributed by atoms with E-state index >= 15 is 0 Å². The van der Waals surface area contributed by atoms with E-state index in [9.17, 15) is 4.79 Å². The molecule has 0 aliphatic rings. The van der Waals surface area contributed by atoms with Crippen LogP contribution < -0.4 is 0 Å². The van der Waals surface area contributed by atoms with Crippen LogP contribution in [0.15, 0.2) is 36.5 Å². The summed E-state index contributed by atoms with van der Waals surface area (Å²) >= 11 is 0. The van der Waals surface area contributed by atoms with E-state index in [2.05, 4.69) is 4.98 Å². The number of hydrogen-bond acceptors (Lipinski definition) is 2. The molecule has 0 bridgehead atoms. The van der Waals surface area contributed by atoms with E-state index in [0.717, 1.165) is 11.3 Å².